The molecule has 0 bridgehead atoms. The average molecular weight is 480 g/mol. The Labute approximate surface area is 206 Å². The van der Waals surface area contributed by atoms with Gasteiger partial charge in [0.2, 0.25) is 5.95 Å². The standard InChI is InChI=1S/C26H37N7O2/c1-18(2)33(19(3)4)15-16-35-21-11-9-20(10-12-21)28-24-23-22(17-27-31-25(23)34)29-26(30-24)32-13-7-5-6-8-14-32/h9-12,17-19H,5-8,13-16H2,1-4H3,(H,31,34)(H,28,29,30). The second kappa shape index (κ2) is 11.5. The molecule has 1 saturated heterocycles. The molecule has 0 atom stereocenters. The molecule has 2 aromatic heterocycles. The monoisotopic (exact) mass is 479 g/mol. The second-order valence-electron chi connectivity index (χ2n) is 9.66. The lowest BCUT2D eigenvalue weighted by Crippen LogP contribution is -2.39. The molecule has 2 N–H and O–H groups in total. The molecule has 9 heteroatoms. The van der Waals surface area contributed by atoms with Crippen molar-refractivity contribution in [2.24, 2.45) is 0 Å². The predicted molar refractivity (Wildman–Crippen MR) is 141 cm³/mol. The zero-order valence-corrected chi connectivity index (χ0v) is 21.3. The van der Waals surface area contributed by atoms with E-state index in [4.69, 9.17) is 9.72 Å². The first-order valence-corrected chi connectivity index (χ1v) is 12.7. The van der Waals surface area contributed by atoms with E-state index in [1.165, 1.54) is 12.8 Å². The Bertz CT molecular complexity index is 1140. The van der Waals surface area contributed by atoms with Gasteiger partial charge in [-0.15, -0.1) is 0 Å². The Balaban J connectivity index is 1.51. The van der Waals surface area contributed by atoms with Crippen LogP contribution in [0.3, 0.4) is 0 Å². The van der Waals surface area contributed by atoms with Gasteiger partial charge >= 0.3 is 0 Å². The van der Waals surface area contributed by atoms with Gasteiger partial charge in [-0.2, -0.15) is 10.1 Å². The highest BCUT2D eigenvalue weighted by atomic mass is 16.5. The van der Waals surface area contributed by atoms with Gasteiger partial charge in [-0.05, 0) is 64.8 Å². The summed E-state index contributed by atoms with van der Waals surface area (Å²) in [4.78, 5) is 26.6. The summed E-state index contributed by atoms with van der Waals surface area (Å²) in [6.07, 6.45) is 6.26. The number of nitrogens with one attached hydrogen (secondary N) is 2. The van der Waals surface area contributed by atoms with Gasteiger partial charge < -0.3 is 15.0 Å². The van der Waals surface area contributed by atoms with Crippen LogP contribution < -0.4 is 20.5 Å². The number of rotatable bonds is 9. The Hall–Kier alpha value is -3.20. The van der Waals surface area contributed by atoms with Gasteiger partial charge in [0, 0.05) is 37.4 Å². The molecule has 0 spiro atoms. The highest BCUT2D eigenvalue weighted by Crippen LogP contribution is 2.26. The van der Waals surface area contributed by atoms with E-state index < -0.39 is 0 Å². The number of H-pyrrole nitrogens is 1. The van der Waals surface area contributed by atoms with Crippen molar-refractivity contribution in [3.63, 3.8) is 0 Å². The van der Waals surface area contributed by atoms with Gasteiger partial charge in [-0.3, -0.25) is 9.69 Å². The van der Waals surface area contributed by atoms with Crippen molar-refractivity contribution in [2.75, 3.05) is 36.5 Å². The maximum Gasteiger partial charge on any atom is 0.277 e. The third-order valence-corrected chi connectivity index (χ3v) is 6.46. The molecule has 0 saturated carbocycles. The molecule has 1 aromatic carbocycles. The van der Waals surface area contributed by atoms with Crippen LogP contribution in [-0.2, 0) is 0 Å². The summed E-state index contributed by atoms with van der Waals surface area (Å²) in [7, 11) is 0. The van der Waals surface area contributed by atoms with Crippen molar-refractivity contribution < 1.29 is 4.74 Å². The van der Waals surface area contributed by atoms with Crippen molar-refractivity contribution in [1.29, 1.82) is 0 Å². The summed E-state index contributed by atoms with van der Waals surface area (Å²) in [6.45, 7) is 12.2. The first-order chi connectivity index (χ1) is 16.9. The van der Waals surface area contributed by atoms with Gasteiger partial charge in [0.05, 0.1) is 6.20 Å². The number of nitrogens with zero attached hydrogens (tertiary/aromatic N) is 5. The average Bonchev–Trinajstić information content (AvgIpc) is 3.12. The molecule has 188 valence electrons. The zero-order valence-electron chi connectivity index (χ0n) is 21.3. The van der Waals surface area contributed by atoms with Gasteiger partial charge in [0.1, 0.15) is 29.1 Å². The van der Waals surface area contributed by atoms with Crippen molar-refractivity contribution in [1.82, 2.24) is 25.1 Å². The van der Waals surface area contributed by atoms with Gasteiger partial charge in [-0.25, -0.2) is 10.1 Å². The number of anilines is 3. The van der Waals surface area contributed by atoms with E-state index in [1.54, 1.807) is 6.20 Å². The molecule has 0 radical (unpaired) electrons. The zero-order chi connectivity index (χ0) is 24.8. The molecule has 4 rings (SSSR count). The lowest BCUT2D eigenvalue weighted by molar-refractivity contribution is 0.142. The summed E-state index contributed by atoms with van der Waals surface area (Å²) >= 11 is 0. The summed E-state index contributed by atoms with van der Waals surface area (Å²) in [5.74, 6) is 1.92. The van der Waals surface area contributed by atoms with Gasteiger partial charge in [-0.1, -0.05) is 12.8 Å². The summed E-state index contributed by atoms with van der Waals surface area (Å²) in [6, 6.07) is 8.70. The number of fused-ring (bicyclic) bond motifs is 1. The smallest absolute Gasteiger partial charge is 0.277 e. The molecule has 0 amide bonds. The van der Waals surface area contributed by atoms with Gasteiger partial charge in [0.15, 0.2) is 0 Å². The number of hydrogen-bond donors (Lipinski definition) is 2. The molecule has 1 aliphatic heterocycles. The molecule has 35 heavy (non-hydrogen) atoms. The molecular weight excluding hydrogens is 442 g/mol. The van der Waals surface area contributed by atoms with Crippen LogP contribution in [0.5, 0.6) is 5.75 Å². The van der Waals surface area contributed by atoms with Crippen LogP contribution in [-0.4, -0.2) is 63.4 Å². The van der Waals surface area contributed by atoms with Crippen molar-refractivity contribution in [3.8, 4) is 5.75 Å². The van der Waals surface area contributed by atoms with Crippen LogP contribution in [0.2, 0.25) is 0 Å². The Morgan fingerprint density at radius 3 is 2.37 bits per heavy atom. The predicted octanol–water partition coefficient (Wildman–Crippen LogP) is 4.33. The quantitative estimate of drug-likeness (QED) is 0.468. The topological polar surface area (TPSA) is 99.3 Å². The lowest BCUT2D eigenvalue weighted by atomic mass is 10.2. The fraction of sp³-hybridized carbons (Fsp3) is 0.538. The van der Waals surface area contributed by atoms with Crippen LogP contribution in [0.4, 0.5) is 17.5 Å². The van der Waals surface area contributed by atoms with Crippen molar-refractivity contribution in [2.45, 2.75) is 65.5 Å². The lowest BCUT2D eigenvalue weighted by Gasteiger charge is -2.30. The second-order valence-corrected chi connectivity index (χ2v) is 9.66. The number of aromatic amines is 1. The van der Waals surface area contributed by atoms with Gasteiger partial charge in [0.25, 0.3) is 5.56 Å². The fourth-order valence-electron chi connectivity index (χ4n) is 4.65. The van der Waals surface area contributed by atoms with Crippen LogP contribution in [0, 0.1) is 0 Å². The highest BCUT2D eigenvalue weighted by Gasteiger charge is 2.18. The molecular formula is C26H37N7O2. The van der Waals surface area contributed by atoms with E-state index in [2.05, 4.69) is 58.0 Å². The molecule has 3 aromatic rings. The van der Waals surface area contributed by atoms with Crippen LogP contribution >= 0.6 is 0 Å². The minimum atomic E-state index is -0.313. The molecule has 0 unspecified atom stereocenters. The number of benzene rings is 1. The molecule has 1 fully saturated rings. The first kappa shape index (κ1) is 24.9. The van der Waals surface area contributed by atoms with E-state index in [1.807, 2.05) is 24.3 Å². The van der Waals surface area contributed by atoms with E-state index >= 15 is 0 Å². The third-order valence-electron chi connectivity index (χ3n) is 6.46. The van der Waals surface area contributed by atoms with Crippen LogP contribution in [0.1, 0.15) is 53.4 Å². The molecule has 3 heterocycles. The largest absolute Gasteiger partial charge is 0.492 e. The maximum absolute atomic E-state index is 12.6. The Kier molecular flexibility index (Phi) is 8.17. The SMILES string of the molecule is CC(C)N(CCOc1ccc(Nc2nc(N3CCCCCC3)nc3cn[nH]c(=O)c23)cc1)C(C)C. The van der Waals surface area contributed by atoms with Crippen LogP contribution in [0.25, 0.3) is 10.9 Å². The first-order valence-electron chi connectivity index (χ1n) is 12.7. The van der Waals surface area contributed by atoms with Crippen molar-refractivity contribution >= 4 is 28.4 Å². The van der Waals surface area contributed by atoms with E-state index in [-0.39, 0.29) is 5.56 Å². The Morgan fingerprint density at radius 1 is 1.03 bits per heavy atom. The minimum Gasteiger partial charge on any atom is -0.492 e. The van der Waals surface area contributed by atoms with Crippen molar-refractivity contribution in [3.05, 3.63) is 40.8 Å². The summed E-state index contributed by atoms with van der Waals surface area (Å²) < 4.78 is 5.98. The normalized spacial score (nSPS) is 14.7. The Morgan fingerprint density at radius 2 is 1.71 bits per heavy atom. The highest BCUT2D eigenvalue weighted by molar-refractivity contribution is 5.90. The molecule has 0 aliphatic carbocycles. The fourth-order valence-corrected chi connectivity index (χ4v) is 4.65. The van der Waals surface area contributed by atoms with E-state index in [0.29, 0.717) is 41.4 Å². The number of hydrogen-bond acceptors (Lipinski definition) is 8. The summed E-state index contributed by atoms with van der Waals surface area (Å²) in [5.41, 5.74) is 1.04. The number of aromatic nitrogens is 4. The summed E-state index contributed by atoms with van der Waals surface area (Å²) in [5, 5.41) is 10.2. The van der Waals surface area contributed by atoms with E-state index in [0.717, 1.165) is 43.9 Å². The van der Waals surface area contributed by atoms with E-state index in [9.17, 15) is 4.79 Å². The number of ether oxygens (including phenoxy) is 1. The maximum atomic E-state index is 12.6. The van der Waals surface area contributed by atoms with Crippen LogP contribution in [0.15, 0.2) is 35.3 Å². The molecule has 9 nitrogen and oxygen atoms in total. The minimum absolute atomic E-state index is 0.313. The third kappa shape index (κ3) is 6.28. The molecule has 1 aliphatic rings.